The highest BCUT2D eigenvalue weighted by molar-refractivity contribution is 5.87. The molecule has 17 heavy (non-hydrogen) atoms. The van der Waals surface area contributed by atoms with Gasteiger partial charge in [-0.05, 0) is 22.4 Å². The molecule has 4 nitrogen and oxygen atoms in total. The smallest absolute Gasteiger partial charge is 0.257 e. The fourth-order valence-corrected chi connectivity index (χ4v) is 1.76. The maximum Gasteiger partial charge on any atom is 0.257 e. The van der Waals surface area contributed by atoms with E-state index in [2.05, 4.69) is 0 Å². The van der Waals surface area contributed by atoms with Crippen LogP contribution in [0.5, 0.6) is 0 Å². The highest BCUT2D eigenvalue weighted by Gasteiger charge is 2.17. The molecule has 2 aromatic rings. The number of likely N-dealkylation sites (N-methyl/N-ethyl adjacent to an activating group) is 1. The standard InChI is InChI=1S/C13H15N3O/c1-16(15)13(17)12(14)11-7-6-9-4-2-3-5-10(9)8-11/h2-8,12H,14-15H2,1H3. The Morgan fingerprint density at radius 1 is 1.18 bits per heavy atom. The zero-order valence-corrected chi connectivity index (χ0v) is 9.63. The number of rotatable bonds is 2. The molecule has 1 unspecified atom stereocenters. The number of amides is 1. The van der Waals surface area contributed by atoms with E-state index in [1.165, 1.54) is 7.05 Å². The molecule has 1 amide bonds. The number of hydrogen-bond acceptors (Lipinski definition) is 3. The van der Waals surface area contributed by atoms with Crippen molar-refractivity contribution in [3.63, 3.8) is 0 Å². The molecular formula is C13H15N3O. The van der Waals surface area contributed by atoms with Gasteiger partial charge in [-0.15, -0.1) is 0 Å². The molecule has 2 rings (SSSR count). The van der Waals surface area contributed by atoms with Crippen LogP contribution in [-0.2, 0) is 4.79 Å². The van der Waals surface area contributed by atoms with Crippen molar-refractivity contribution in [3.05, 3.63) is 48.0 Å². The van der Waals surface area contributed by atoms with Crippen LogP contribution in [-0.4, -0.2) is 18.0 Å². The van der Waals surface area contributed by atoms with Gasteiger partial charge in [0.05, 0.1) is 0 Å². The zero-order valence-electron chi connectivity index (χ0n) is 9.63. The number of hydrogen-bond donors (Lipinski definition) is 2. The number of nitrogens with zero attached hydrogens (tertiary/aromatic N) is 1. The topological polar surface area (TPSA) is 72.3 Å². The minimum atomic E-state index is -0.713. The van der Waals surface area contributed by atoms with Gasteiger partial charge in [0.25, 0.3) is 5.91 Å². The van der Waals surface area contributed by atoms with E-state index in [1.807, 2.05) is 42.5 Å². The van der Waals surface area contributed by atoms with Gasteiger partial charge < -0.3 is 5.73 Å². The van der Waals surface area contributed by atoms with Crippen LogP contribution in [0.25, 0.3) is 10.8 Å². The number of carbonyl (C=O) groups excluding carboxylic acids is 1. The molecule has 0 aliphatic heterocycles. The molecular weight excluding hydrogens is 214 g/mol. The maximum atomic E-state index is 11.7. The Balaban J connectivity index is 2.39. The molecule has 0 bridgehead atoms. The second-order valence-electron chi connectivity index (χ2n) is 4.03. The van der Waals surface area contributed by atoms with Gasteiger partial charge >= 0.3 is 0 Å². The molecule has 88 valence electrons. The largest absolute Gasteiger partial charge is 0.316 e. The molecule has 4 heteroatoms. The Bertz CT molecular complexity index is 551. The highest BCUT2D eigenvalue weighted by Crippen LogP contribution is 2.19. The summed E-state index contributed by atoms with van der Waals surface area (Å²) in [6.07, 6.45) is 0. The summed E-state index contributed by atoms with van der Waals surface area (Å²) in [7, 11) is 1.49. The van der Waals surface area contributed by atoms with Crippen molar-refractivity contribution in [2.24, 2.45) is 11.6 Å². The lowest BCUT2D eigenvalue weighted by Crippen LogP contribution is -2.40. The number of nitrogens with two attached hydrogens (primary N) is 2. The van der Waals surface area contributed by atoms with Crippen molar-refractivity contribution in [3.8, 4) is 0 Å². The summed E-state index contributed by atoms with van der Waals surface area (Å²) in [6, 6.07) is 12.9. The van der Waals surface area contributed by atoms with E-state index < -0.39 is 6.04 Å². The molecule has 0 saturated carbocycles. The molecule has 0 saturated heterocycles. The van der Waals surface area contributed by atoms with Crippen molar-refractivity contribution < 1.29 is 4.79 Å². The van der Waals surface area contributed by atoms with Gasteiger partial charge in [0.1, 0.15) is 6.04 Å². The van der Waals surface area contributed by atoms with E-state index >= 15 is 0 Å². The lowest BCUT2D eigenvalue weighted by atomic mass is 10.0. The normalized spacial score (nSPS) is 12.4. The van der Waals surface area contributed by atoms with Gasteiger partial charge in [0.15, 0.2) is 0 Å². The van der Waals surface area contributed by atoms with Crippen molar-refractivity contribution in [1.82, 2.24) is 5.01 Å². The molecule has 1 atom stereocenters. The SMILES string of the molecule is CN(N)C(=O)C(N)c1ccc2ccccc2c1. The van der Waals surface area contributed by atoms with E-state index in [-0.39, 0.29) is 5.91 Å². The Morgan fingerprint density at radius 3 is 2.47 bits per heavy atom. The summed E-state index contributed by atoms with van der Waals surface area (Å²) >= 11 is 0. The van der Waals surface area contributed by atoms with Gasteiger partial charge in [-0.25, -0.2) is 5.84 Å². The summed E-state index contributed by atoms with van der Waals surface area (Å²) in [6.45, 7) is 0. The average molecular weight is 229 g/mol. The first-order chi connectivity index (χ1) is 8.09. The summed E-state index contributed by atoms with van der Waals surface area (Å²) in [5, 5.41) is 3.20. The third-order valence-electron chi connectivity index (χ3n) is 2.75. The van der Waals surface area contributed by atoms with Crippen LogP contribution in [0.1, 0.15) is 11.6 Å². The van der Waals surface area contributed by atoms with E-state index in [0.717, 1.165) is 21.3 Å². The number of hydrazine groups is 1. The Labute approximate surface area is 99.8 Å². The van der Waals surface area contributed by atoms with Crippen LogP contribution in [0.15, 0.2) is 42.5 Å². The van der Waals surface area contributed by atoms with Crippen molar-refractivity contribution in [1.29, 1.82) is 0 Å². The molecule has 2 aromatic carbocycles. The number of fused-ring (bicyclic) bond motifs is 1. The predicted molar refractivity (Wildman–Crippen MR) is 67.8 cm³/mol. The highest BCUT2D eigenvalue weighted by atomic mass is 16.2. The fourth-order valence-electron chi connectivity index (χ4n) is 1.76. The summed E-state index contributed by atoms with van der Waals surface area (Å²) in [4.78, 5) is 11.7. The second-order valence-corrected chi connectivity index (χ2v) is 4.03. The van der Waals surface area contributed by atoms with Crippen LogP contribution >= 0.6 is 0 Å². The third-order valence-corrected chi connectivity index (χ3v) is 2.75. The van der Waals surface area contributed by atoms with Crippen LogP contribution in [0.4, 0.5) is 0 Å². The molecule has 0 aromatic heterocycles. The molecule has 0 radical (unpaired) electrons. The molecule has 4 N–H and O–H groups in total. The van der Waals surface area contributed by atoms with E-state index in [0.29, 0.717) is 0 Å². The first kappa shape index (κ1) is 11.6. The van der Waals surface area contributed by atoms with E-state index in [4.69, 9.17) is 11.6 Å². The van der Waals surface area contributed by atoms with E-state index in [1.54, 1.807) is 0 Å². The molecule has 0 heterocycles. The second kappa shape index (κ2) is 4.53. The summed E-state index contributed by atoms with van der Waals surface area (Å²) in [5.41, 5.74) is 6.63. The minimum absolute atomic E-state index is 0.305. The monoisotopic (exact) mass is 229 g/mol. The lowest BCUT2D eigenvalue weighted by molar-refractivity contribution is -0.131. The third kappa shape index (κ3) is 2.27. The number of benzene rings is 2. The van der Waals surface area contributed by atoms with E-state index in [9.17, 15) is 4.79 Å². The summed E-state index contributed by atoms with van der Waals surface area (Å²) < 4.78 is 0. The molecule has 0 fully saturated rings. The van der Waals surface area contributed by atoms with Crippen LogP contribution < -0.4 is 11.6 Å². The van der Waals surface area contributed by atoms with Crippen molar-refractivity contribution >= 4 is 16.7 Å². The van der Waals surface area contributed by atoms with Crippen LogP contribution in [0.3, 0.4) is 0 Å². The quantitative estimate of drug-likeness (QED) is 0.461. The first-order valence-electron chi connectivity index (χ1n) is 5.36. The average Bonchev–Trinajstić information content (AvgIpc) is 2.36. The number of carbonyl (C=O) groups is 1. The van der Waals surface area contributed by atoms with Gasteiger partial charge in [0.2, 0.25) is 0 Å². The predicted octanol–water partition coefficient (Wildman–Crippen LogP) is 1.17. The molecule has 0 aliphatic carbocycles. The Kier molecular flexibility index (Phi) is 3.08. The van der Waals surface area contributed by atoms with Crippen LogP contribution in [0, 0.1) is 0 Å². The van der Waals surface area contributed by atoms with Crippen molar-refractivity contribution in [2.45, 2.75) is 6.04 Å². The molecule has 0 spiro atoms. The summed E-state index contributed by atoms with van der Waals surface area (Å²) in [5.74, 6) is 5.09. The fraction of sp³-hybridized carbons (Fsp3) is 0.154. The zero-order chi connectivity index (χ0) is 12.4. The Morgan fingerprint density at radius 2 is 1.82 bits per heavy atom. The van der Waals surface area contributed by atoms with Crippen LogP contribution in [0.2, 0.25) is 0 Å². The maximum absolute atomic E-state index is 11.7. The lowest BCUT2D eigenvalue weighted by Gasteiger charge is -2.16. The first-order valence-corrected chi connectivity index (χ1v) is 5.36. The van der Waals surface area contributed by atoms with Gasteiger partial charge in [-0.2, -0.15) is 0 Å². The van der Waals surface area contributed by atoms with Gasteiger partial charge in [0, 0.05) is 7.05 Å². The van der Waals surface area contributed by atoms with Gasteiger partial charge in [-0.3, -0.25) is 9.80 Å². The van der Waals surface area contributed by atoms with Gasteiger partial charge in [-0.1, -0.05) is 36.4 Å². The molecule has 0 aliphatic rings. The Hall–Kier alpha value is -1.91. The van der Waals surface area contributed by atoms with Crippen molar-refractivity contribution in [2.75, 3.05) is 7.05 Å². The minimum Gasteiger partial charge on any atom is -0.316 e.